The zero-order chi connectivity index (χ0) is 15.3. The first-order valence-electron chi connectivity index (χ1n) is 7.98. The normalized spacial score (nSPS) is 17.1. The zero-order valence-electron chi connectivity index (χ0n) is 13.1. The van der Waals surface area contributed by atoms with Crippen LogP contribution in [0.5, 0.6) is 0 Å². The molecule has 0 atom stereocenters. The molecule has 1 aliphatic carbocycles. The van der Waals surface area contributed by atoms with Gasteiger partial charge in [-0.2, -0.15) is 0 Å². The number of alkyl halides is 1. The summed E-state index contributed by atoms with van der Waals surface area (Å²) in [6.45, 7) is 5.07. The Labute approximate surface area is 136 Å². The Morgan fingerprint density at radius 1 is 1.19 bits per heavy atom. The quantitative estimate of drug-likeness (QED) is 0.732. The number of rotatable bonds is 6. The van der Waals surface area contributed by atoms with Gasteiger partial charge in [-0.15, -0.1) is 0 Å². The fourth-order valence-corrected chi connectivity index (χ4v) is 3.85. The Kier molecular flexibility index (Phi) is 5.86. The van der Waals surface area contributed by atoms with Gasteiger partial charge in [-0.05, 0) is 36.3 Å². The van der Waals surface area contributed by atoms with E-state index in [0.717, 1.165) is 24.6 Å². The first-order chi connectivity index (χ1) is 10.1. The van der Waals surface area contributed by atoms with E-state index in [4.69, 9.17) is 0 Å². The second-order valence-corrected chi connectivity index (χ2v) is 7.28. The van der Waals surface area contributed by atoms with Crippen LogP contribution in [0.1, 0.15) is 57.1 Å². The molecule has 0 saturated heterocycles. The number of benzene rings is 1. The summed E-state index contributed by atoms with van der Waals surface area (Å²) in [6, 6.07) is 8.41. The number of amides is 1. The van der Waals surface area contributed by atoms with Gasteiger partial charge in [-0.3, -0.25) is 4.79 Å². The smallest absolute Gasteiger partial charge is 0.226 e. The van der Waals surface area contributed by atoms with Crippen molar-refractivity contribution in [2.75, 3.05) is 0 Å². The predicted molar refractivity (Wildman–Crippen MR) is 91.3 cm³/mol. The van der Waals surface area contributed by atoms with Crippen LogP contribution in [-0.4, -0.2) is 5.91 Å². The highest BCUT2D eigenvalue weighted by atomic mass is 79.9. The molecular weight excluding hydrogens is 326 g/mol. The fourth-order valence-electron chi connectivity index (χ4n) is 3.47. The molecule has 0 radical (unpaired) electrons. The van der Waals surface area contributed by atoms with Crippen LogP contribution < -0.4 is 5.32 Å². The SMILES string of the molecule is CC(C)CC1(C(=O)NCc2ccc(CBr)cc2)CCCC1. The van der Waals surface area contributed by atoms with E-state index < -0.39 is 0 Å². The molecule has 21 heavy (non-hydrogen) atoms. The second-order valence-electron chi connectivity index (χ2n) is 6.72. The molecule has 1 saturated carbocycles. The van der Waals surface area contributed by atoms with Gasteiger partial charge in [0.1, 0.15) is 0 Å². The molecule has 116 valence electrons. The van der Waals surface area contributed by atoms with Gasteiger partial charge in [0.2, 0.25) is 5.91 Å². The van der Waals surface area contributed by atoms with E-state index in [1.165, 1.54) is 24.0 Å². The summed E-state index contributed by atoms with van der Waals surface area (Å²) in [4.78, 5) is 12.7. The largest absolute Gasteiger partial charge is 0.352 e. The first kappa shape index (κ1) is 16.5. The van der Waals surface area contributed by atoms with Crippen LogP contribution in [0, 0.1) is 11.3 Å². The Bertz CT molecular complexity index is 461. The number of hydrogen-bond acceptors (Lipinski definition) is 1. The van der Waals surface area contributed by atoms with Gasteiger partial charge in [0.15, 0.2) is 0 Å². The molecule has 0 unspecified atom stereocenters. The van der Waals surface area contributed by atoms with Gasteiger partial charge in [0.05, 0.1) is 0 Å². The summed E-state index contributed by atoms with van der Waals surface area (Å²) in [6.07, 6.45) is 5.51. The highest BCUT2D eigenvalue weighted by Crippen LogP contribution is 2.43. The molecule has 0 heterocycles. The lowest BCUT2D eigenvalue weighted by Crippen LogP contribution is -2.39. The Balaban J connectivity index is 1.95. The van der Waals surface area contributed by atoms with Crippen molar-refractivity contribution in [2.45, 2.75) is 57.8 Å². The summed E-state index contributed by atoms with van der Waals surface area (Å²) in [7, 11) is 0. The Morgan fingerprint density at radius 3 is 2.29 bits per heavy atom. The molecule has 1 aliphatic rings. The van der Waals surface area contributed by atoms with Crippen LogP contribution in [0.15, 0.2) is 24.3 Å². The molecule has 2 nitrogen and oxygen atoms in total. The lowest BCUT2D eigenvalue weighted by Gasteiger charge is -2.29. The highest BCUT2D eigenvalue weighted by Gasteiger charge is 2.40. The van der Waals surface area contributed by atoms with Gasteiger partial charge in [-0.25, -0.2) is 0 Å². The molecule has 0 spiro atoms. The Morgan fingerprint density at radius 2 is 1.76 bits per heavy atom. The molecule has 1 aromatic rings. The average Bonchev–Trinajstić information content (AvgIpc) is 2.94. The lowest BCUT2D eigenvalue weighted by atomic mass is 9.77. The van der Waals surface area contributed by atoms with E-state index in [1.807, 2.05) is 0 Å². The predicted octanol–water partition coefficient (Wildman–Crippen LogP) is 4.80. The van der Waals surface area contributed by atoms with E-state index >= 15 is 0 Å². The van der Waals surface area contributed by atoms with Crippen molar-refractivity contribution in [1.82, 2.24) is 5.32 Å². The van der Waals surface area contributed by atoms with E-state index in [0.29, 0.717) is 12.5 Å². The third-order valence-corrected chi connectivity index (χ3v) is 5.12. The minimum absolute atomic E-state index is 0.107. The van der Waals surface area contributed by atoms with Crippen LogP contribution >= 0.6 is 15.9 Å². The monoisotopic (exact) mass is 351 g/mol. The molecular formula is C18H26BrNO. The van der Waals surface area contributed by atoms with Gasteiger partial charge < -0.3 is 5.32 Å². The van der Waals surface area contributed by atoms with Crippen LogP contribution in [0.25, 0.3) is 0 Å². The van der Waals surface area contributed by atoms with Gasteiger partial charge in [0, 0.05) is 17.3 Å². The van der Waals surface area contributed by atoms with Crippen molar-refractivity contribution in [3.63, 3.8) is 0 Å². The second kappa shape index (κ2) is 7.44. The molecule has 1 fully saturated rings. The summed E-state index contributed by atoms with van der Waals surface area (Å²) in [5.74, 6) is 0.838. The van der Waals surface area contributed by atoms with Crippen molar-refractivity contribution in [3.05, 3.63) is 35.4 Å². The summed E-state index contributed by atoms with van der Waals surface area (Å²) in [5, 5.41) is 4.05. The third kappa shape index (κ3) is 4.32. The number of hydrogen-bond donors (Lipinski definition) is 1. The minimum Gasteiger partial charge on any atom is -0.352 e. The van der Waals surface area contributed by atoms with Crippen LogP contribution in [0.3, 0.4) is 0 Å². The summed E-state index contributed by atoms with van der Waals surface area (Å²) >= 11 is 3.45. The maximum absolute atomic E-state index is 12.7. The number of carbonyl (C=O) groups excluding carboxylic acids is 1. The standard InChI is InChI=1S/C18H26BrNO/c1-14(2)11-18(9-3-4-10-18)17(21)20-13-16-7-5-15(12-19)6-8-16/h5-8,14H,3-4,9-13H2,1-2H3,(H,20,21). The van der Waals surface area contributed by atoms with Crippen molar-refractivity contribution in [3.8, 4) is 0 Å². The first-order valence-corrected chi connectivity index (χ1v) is 9.10. The molecule has 3 heteroatoms. The van der Waals surface area contributed by atoms with Crippen molar-refractivity contribution < 1.29 is 4.79 Å². The Hall–Kier alpha value is -0.830. The van der Waals surface area contributed by atoms with Crippen LogP contribution in [0.2, 0.25) is 0 Å². The molecule has 2 rings (SSSR count). The maximum Gasteiger partial charge on any atom is 0.226 e. The van der Waals surface area contributed by atoms with Crippen LogP contribution in [-0.2, 0) is 16.7 Å². The van der Waals surface area contributed by atoms with Gasteiger partial charge in [0.25, 0.3) is 0 Å². The molecule has 1 N–H and O–H groups in total. The van der Waals surface area contributed by atoms with Gasteiger partial charge >= 0.3 is 0 Å². The highest BCUT2D eigenvalue weighted by molar-refractivity contribution is 9.08. The number of halogens is 1. The van der Waals surface area contributed by atoms with E-state index in [-0.39, 0.29) is 11.3 Å². The number of nitrogens with one attached hydrogen (secondary N) is 1. The fraction of sp³-hybridized carbons (Fsp3) is 0.611. The van der Waals surface area contributed by atoms with Crippen molar-refractivity contribution >= 4 is 21.8 Å². The van der Waals surface area contributed by atoms with E-state index in [1.54, 1.807) is 0 Å². The van der Waals surface area contributed by atoms with Crippen LogP contribution in [0.4, 0.5) is 0 Å². The zero-order valence-corrected chi connectivity index (χ0v) is 14.7. The molecule has 0 aromatic heterocycles. The molecule has 1 aromatic carbocycles. The molecule has 0 bridgehead atoms. The van der Waals surface area contributed by atoms with E-state index in [9.17, 15) is 4.79 Å². The van der Waals surface area contributed by atoms with Gasteiger partial charge in [-0.1, -0.05) is 66.9 Å². The number of carbonyl (C=O) groups is 1. The minimum atomic E-state index is -0.107. The average molecular weight is 352 g/mol. The lowest BCUT2D eigenvalue weighted by molar-refractivity contribution is -0.132. The third-order valence-electron chi connectivity index (χ3n) is 4.47. The van der Waals surface area contributed by atoms with E-state index in [2.05, 4.69) is 59.4 Å². The summed E-state index contributed by atoms with van der Waals surface area (Å²) in [5.41, 5.74) is 2.33. The molecule has 0 aliphatic heterocycles. The van der Waals surface area contributed by atoms with Crippen molar-refractivity contribution in [1.29, 1.82) is 0 Å². The molecule has 1 amide bonds. The topological polar surface area (TPSA) is 29.1 Å². The maximum atomic E-state index is 12.7. The van der Waals surface area contributed by atoms with Crippen molar-refractivity contribution in [2.24, 2.45) is 11.3 Å². The summed E-state index contributed by atoms with van der Waals surface area (Å²) < 4.78 is 0.